The highest BCUT2D eigenvalue weighted by Crippen LogP contribution is 2.51. The van der Waals surface area contributed by atoms with Gasteiger partial charge in [-0.3, -0.25) is 4.57 Å². The lowest BCUT2D eigenvalue weighted by Gasteiger charge is -2.32. The van der Waals surface area contributed by atoms with Crippen LogP contribution in [-0.2, 0) is 27.1 Å². The summed E-state index contributed by atoms with van der Waals surface area (Å²) in [5, 5.41) is 2.32. The first kappa shape index (κ1) is 47.6. The SMILES string of the molecule is CC(C)(C)c1cccc(N2CN(c3cc(Oc4ccc5c6ccccc6n(-c6cc(C(C)(C)c7ccccc7)ccn6)c5c4)cc(C(C)(C)c4ccccc4)c3)c3cc(C(C)(C)C)c(C(C)(C)C)cc32)c1. The lowest BCUT2D eigenvalue weighted by Crippen LogP contribution is -2.25. The number of nitrogens with zero attached hydrogens (tertiary/aromatic N) is 4. The van der Waals surface area contributed by atoms with Gasteiger partial charge in [-0.25, -0.2) is 4.98 Å². The second-order valence-electron chi connectivity index (χ2n) is 23.9. The van der Waals surface area contributed by atoms with Crippen molar-refractivity contribution >= 4 is 44.6 Å². The molecule has 0 aliphatic carbocycles. The average molecular weight is 935 g/mol. The lowest BCUT2D eigenvalue weighted by molar-refractivity contribution is 0.480. The summed E-state index contributed by atoms with van der Waals surface area (Å²) in [5.41, 5.74) is 15.0. The van der Waals surface area contributed by atoms with Gasteiger partial charge in [0.1, 0.15) is 24.0 Å². The molecular formula is C66H70N4O. The molecule has 9 aromatic rings. The molecule has 5 heteroatoms. The molecule has 10 rings (SSSR count). The Morgan fingerprint density at radius 1 is 0.394 bits per heavy atom. The Balaban J connectivity index is 1.14. The van der Waals surface area contributed by atoms with Crippen molar-refractivity contribution in [3.63, 3.8) is 0 Å². The molecular weight excluding hydrogens is 865 g/mol. The Bertz CT molecular complexity index is 3430. The smallest absolute Gasteiger partial charge is 0.137 e. The molecule has 3 heterocycles. The zero-order valence-electron chi connectivity index (χ0n) is 44.1. The average Bonchev–Trinajstić information content (AvgIpc) is 3.89. The van der Waals surface area contributed by atoms with Crippen LogP contribution in [0.4, 0.5) is 22.7 Å². The Morgan fingerprint density at radius 3 is 1.56 bits per heavy atom. The molecule has 0 bridgehead atoms. The fraction of sp³-hybridized carbons (Fsp3) is 0.288. The minimum atomic E-state index is -0.341. The highest BCUT2D eigenvalue weighted by atomic mass is 16.5. The molecule has 5 nitrogen and oxygen atoms in total. The highest BCUT2D eigenvalue weighted by molar-refractivity contribution is 6.09. The second kappa shape index (κ2) is 17.3. The largest absolute Gasteiger partial charge is 0.457 e. The van der Waals surface area contributed by atoms with Gasteiger partial charge in [0, 0.05) is 51.3 Å². The summed E-state index contributed by atoms with van der Waals surface area (Å²) in [6.45, 7) is 30.8. The topological polar surface area (TPSA) is 33.5 Å². The van der Waals surface area contributed by atoms with Crippen LogP contribution in [0.2, 0.25) is 0 Å². The van der Waals surface area contributed by atoms with Gasteiger partial charge in [0.05, 0.1) is 22.4 Å². The molecule has 0 amide bonds. The molecule has 7 aromatic carbocycles. The fourth-order valence-electron chi connectivity index (χ4n) is 10.7. The summed E-state index contributed by atoms with van der Waals surface area (Å²) in [6, 6.07) is 62.1. The summed E-state index contributed by atoms with van der Waals surface area (Å²) in [4.78, 5) is 10.1. The van der Waals surface area contributed by atoms with Crippen molar-refractivity contribution < 1.29 is 4.74 Å². The molecule has 0 saturated heterocycles. The third-order valence-electron chi connectivity index (χ3n) is 15.1. The number of hydrogen-bond donors (Lipinski definition) is 0. The standard InChI is InChI=1S/C66H70N4O/c1-62(2,3)46-27-22-28-49(35-46)68-43-69(60-42-56(64(7,8)9)55(41-59(60)68)63(4,5)6)50-36-48(66(12,13)45-25-18-15-19-26-45)37-52(39-50)71-51-31-32-54-53-29-20-21-30-57(53)70(58(54)40-51)61-38-47(33-34-67-61)65(10,11)44-23-16-14-17-24-44/h14-42H,43H2,1-13H3. The number of aromatic nitrogens is 2. The molecule has 71 heavy (non-hydrogen) atoms. The van der Waals surface area contributed by atoms with Crippen molar-refractivity contribution in [1.82, 2.24) is 9.55 Å². The first-order chi connectivity index (χ1) is 33.6. The lowest BCUT2D eigenvalue weighted by atomic mass is 9.74. The number of hydrogen-bond acceptors (Lipinski definition) is 4. The van der Waals surface area contributed by atoms with Crippen LogP contribution in [0.15, 0.2) is 176 Å². The van der Waals surface area contributed by atoms with E-state index < -0.39 is 0 Å². The zero-order valence-corrected chi connectivity index (χ0v) is 44.1. The van der Waals surface area contributed by atoms with E-state index in [9.17, 15) is 0 Å². The first-order valence-corrected chi connectivity index (χ1v) is 25.4. The number of rotatable bonds is 9. The number of para-hydroxylation sites is 1. The molecule has 0 N–H and O–H groups in total. The summed E-state index contributed by atoms with van der Waals surface area (Å²) in [7, 11) is 0. The van der Waals surface area contributed by atoms with Crippen molar-refractivity contribution in [2.75, 3.05) is 16.5 Å². The van der Waals surface area contributed by atoms with E-state index >= 15 is 0 Å². The predicted octanol–water partition coefficient (Wildman–Crippen LogP) is 17.8. The van der Waals surface area contributed by atoms with Crippen molar-refractivity contribution in [1.29, 1.82) is 0 Å². The summed E-state index contributed by atoms with van der Waals surface area (Å²) < 4.78 is 9.50. The van der Waals surface area contributed by atoms with E-state index in [4.69, 9.17) is 9.72 Å². The number of ether oxygens (including phenoxy) is 1. The van der Waals surface area contributed by atoms with E-state index in [0.29, 0.717) is 6.67 Å². The van der Waals surface area contributed by atoms with Crippen LogP contribution >= 0.6 is 0 Å². The highest BCUT2D eigenvalue weighted by Gasteiger charge is 2.36. The molecule has 1 aliphatic rings. The van der Waals surface area contributed by atoms with Gasteiger partial charge in [-0.1, -0.05) is 181 Å². The van der Waals surface area contributed by atoms with E-state index in [1.54, 1.807) is 0 Å². The molecule has 0 atom stereocenters. The number of benzene rings is 7. The Labute approximate surface area is 422 Å². The minimum Gasteiger partial charge on any atom is -0.457 e. The molecule has 360 valence electrons. The van der Waals surface area contributed by atoms with E-state index in [-0.39, 0.29) is 27.1 Å². The second-order valence-corrected chi connectivity index (χ2v) is 23.9. The third kappa shape index (κ3) is 8.79. The van der Waals surface area contributed by atoms with Gasteiger partial charge in [-0.15, -0.1) is 0 Å². The Hall–Kier alpha value is -7.11. The van der Waals surface area contributed by atoms with Crippen LogP contribution in [0.25, 0.3) is 27.6 Å². The number of pyridine rings is 1. The van der Waals surface area contributed by atoms with E-state index in [2.05, 4.69) is 274 Å². The quantitative estimate of drug-likeness (QED) is 0.144. The van der Waals surface area contributed by atoms with Gasteiger partial charge in [-0.2, -0.15) is 0 Å². The summed E-state index contributed by atoms with van der Waals surface area (Å²) >= 11 is 0. The normalized spacial score (nSPS) is 13.6. The van der Waals surface area contributed by atoms with Gasteiger partial charge in [-0.05, 0) is 122 Å². The maximum absolute atomic E-state index is 7.20. The maximum Gasteiger partial charge on any atom is 0.137 e. The van der Waals surface area contributed by atoms with Gasteiger partial charge in [0.15, 0.2) is 0 Å². The van der Waals surface area contributed by atoms with Gasteiger partial charge in [0.25, 0.3) is 0 Å². The Kier molecular flexibility index (Phi) is 11.6. The predicted molar refractivity (Wildman–Crippen MR) is 300 cm³/mol. The zero-order chi connectivity index (χ0) is 50.3. The molecule has 0 saturated carbocycles. The van der Waals surface area contributed by atoms with Gasteiger partial charge < -0.3 is 14.5 Å². The minimum absolute atomic E-state index is 0.00567. The number of anilines is 4. The van der Waals surface area contributed by atoms with E-state index in [1.165, 1.54) is 61.4 Å². The van der Waals surface area contributed by atoms with Crippen molar-refractivity contribution in [3.05, 3.63) is 215 Å². The van der Waals surface area contributed by atoms with Crippen molar-refractivity contribution in [3.8, 4) is 17.3 Å². The molecule has 2 aromatic heterocycles. The van der Waals surface area contributed by atoms with Crippen LogP contribution in [0, 0.1) is 0 Å². The fourth-order valence-corrected chi connectivity index (χ4v) is 10.7. The first-order valence-electron chi connectivity index (χ1n) is 25.4. The molecule has 0 spiro atoms. The van der Waals surface area contributed by atoms with Gasteiger partial charge in [0.2, 0.25) is 0 Å². The van der Waals surface area contributed by atoms with Gasteiger partial charge >= 0.3 is 0 Å². The van der Waals surface area contributed by atoms with Crippen LogP contribution in [0.5, 0.6) is 11.5 Å². The van der Waals surface area contributed by atoms with Crippen molar-refractivity contribution in [2.24, 2.45) is 0 Å². The number of fused-ring (bicyclic) bond motifs is 4. The monoisotopic (exact) mass is 935 g/mol. The summed E-state index contributed by atoms with van der Waals surface area (Å²) in [5.74, 6) is 2.42. The summed E-state index contributed by atoms with van der Waals surface area (Å²) in [6.07, 6.45) is 1.95. The van der Waals surface area contributed by atoms with E-state index in [1.807, 2.05) is 6.20 Å². The van der Waals surface area contributed by atoms with Crippen LogP contribution in [-0.4, -0.2) is 16.2 Å². The molecule has 0 fully saturated rings. The van der Waals surface area contributed by atoms with Crippen LogP contribution in [0.1, 0.15) is 129 Å². The molecule has 0 unspecified atom stereocenters. The van der Waals surface area contributed by atoms with E-state index in [0.717, 1.165) is 39.4 Å². The maximum atomic E-state index is 7.20. The molecule has 1 aliphatic heterocycles. The van der Waals surface area contributed by atoms with Crippen LogP contribution in [0.3, 0.4) is 0 Å². The van der Waals surface area contributed by atoms with Crippen molar-refractivity contribution in [2.45, 2.75) is 117 Å². The third-order valence-corrected chi connectivity index (χ3v) is 15.1. The van der Waals surface area contributed by atoms with Crippen LogP contribution < -0.4 is 14.5 Å². The molecule has 0 radical (unpaired) electrons. The Morgan fingerprint density at radius 2 is 0.944 bits per heavy atom.